The van der Waals surface area contributed by atoms with Crippen LogP contribution in [0.25, 0.3) is 0 Å². The molecule has 3 nitrogen and oxygen atoms in total. The van der Waals surface area contributed by atoms with Gasteiger partial charge in [0, 0.05) is 15.7 Å². The van der Waals surface area contributed by atoms with Crippen molar-refractivity contribution >= 4 is 75.3 Å². The second-order valence-electron chi connectivity index (χ2n) is 4.97. The Morgan fingerprint density at radius 1 is 1.09 bits per heavy atom. The molecule has 0 aliphatic rings. The molecule has 1 atom stereocenters. The third-order valence-corrected chi connectivity index (χ3v) is 4.92. The minimum Gasteiger partial charge on any atom is -0.363 e. The van der Waals surface area contributed by atoms with Gasteiger partial charge in [-0.05, 0) is 37.3 Å². The van der Waals surface area contributed by atoms with E-state index in [1.54, 1.807) is 12.1 Å². The Labute approximate surface area is 169 Å². The van der Waals surface area contributed by atoms with Crippen LogP contribution < -0.4 is 10.6 Å². The first kappa shape index (κ1) is 19.0. The van der Waals surface area contributed by atoms with Gasteiger partial charge in [0.25, 0.3) is 5.91 Å². The van der Waals surface area contributed by atoms with Gasteiger partial charge in [-0.15, -0.1) is 0 Å². The molecule has 2 rings (SSSR count). The normalized spacial score (nSPS) is 12.6. The monoisotopic (exact) mass is 566 g/mol. The topological polar surface area (TPSA) is 41.1 Å². The van der Waals surface area contributed by atoms with Crippen LogP contribution in [0.4, 0.5) is 5.69 Å². The number of hydrogen-bond donors (Lipinski definition) is 2. The molecule has 0 aliphatic carbocycles. The second kappa shape index (κ2) is 8.14. The summed E-state index contributed by atoms with van der Waals surface area (Å²) in [6.07, 6.45) is -0.439. The van der Waals surface area contributed by atoms with Gasteiger partial charge in [0.05, 0.1) is 0 Å². The van der Waals surface area contributed by atoms with Crippen LogP contribution in [0, 0.1) is 6.92 Å². The Morgan fingerprint density at radius 3 is 2.30 bits per heavy atom. The molecule has 0 heterocycles. The third-order valence-electron chi connectivity index (χ3n) is 3.05. The predicted octanol–water partition coefficient (Wildman–Crippen LogP) is 5.76. The Morgan fingerprint density at radius 2 is 1.74 bits per heavy atom. The number of halogens is 4. The number of nitrogens with one attached hydrogen (secondary N) is 2. The van der Waals surface area contributed by atoms with Crippen LogP contribution in [-0.2, 0) is 0 Å². The summed E-state index contributed by atoms with van der Waals surface area (Å²) in [7, 11) is 0. The van der Waals surface area contributed by atoms with Crippen LogP contribution in [0.1, 0.15) is 15.9 Å². The number of carbonyl (C=O) groups is 1. The minimum absolute atomic E-state index is 0.166. The van der Waals surface area contributed by atoms with Gasteiger partial charge in [0.2, 0.25) is 0 Å². The van der Waals surface area contributed by atoms with Crippen molar-refractivity contribution in [1.82, 2.24) is 5.32 Å². The molecule has 7 heteroatoms. The molecule has 0 spiro atoms. The Balaban J connectivity index is 2.16. The van der Waals surface area contributed by atoms with E-state index < -0.39 is 8.31 Å². The molecular formula is C16H14Br4N2O. The standard InChI is InChI=1S/C16H14Br4N2O/c1-10-5-7-11(8-6-10)14(23)22-15(16(18,19)20)21-13-4-2-3-12(17)9-13/h2-9,15,21H,1H3,(H,22,23). The zero-order valence-electron chi connectivity index (χ0n) is 12.1. The van der Waals surface area contributed by atoms with E-state index in [1.807, 2.05) is 43.3 Å². The molecule has 0 aromatic heterocycles. The maximum absolute atomic E-state index is 12.4. The van der Waals surface area contributed by atoms with E-state index in [2.05, 4.69) is 74.4 Å². The third kappa shape index (κ3) is 5.89. The van der Waals surface area contributed by atoms with Gasteiger partial charge in [-0.2, -0.15) is 0 Å². The maximum Gasteiger partial charge on any atom is 0.252 e. The lowest BCUT2D eigenvalue weighted by atomic mass is 10.1. The smallest absolute Gasteiger partial charge is 0.252 e. The molecule has 2 aromatic rings. The molecule has 122 valence electrons. The summed E-state index contributed by atoms with van der Waals surface area (Å²) in [5.41, 5.74) is 2.59. The molecule has 2 N–H and O–H groups in total. The summed E-state index contributed by atoms with van der Waals surface area (Å²) in [6.45, 7) is 1.99. The first-order chi connectivity index (χ1) is 10.8. The number of carbonyl (C=O) groups excluding carboxylic acids is 1. The summed E-state index contributed by atoms with van der Waals surface area (Å²) in [5, 5.41) is 6.22. The van der Waals surface area contributed by atoms with Crippen molar-refractivity contribution in [3.8, 4) is 0 Å². The lowest BCUT2D eigenvalue weighted by Gasteiger charge is -2.28. The number of rotatable bonds is 4. The summed E-state index contributed by atoms with van der Waals surface area (Å²) in [6, 6.07) is 15.2. The first-order valence-electron chi connectivity index (χ1n) is 6.72. The second-order valence-corrected chi connectivity index (χ2v) is 12.8. The zero-order valence-corrected chi connectivity index (χ0v) is 18.5. The Hall–Kier alpha value is -0.370. The lowest BCUT2D eigenvalue weighted by molar-refractivity contribution is 0.0943. The molecule has 2 aromatic carbocycles. The van der Waals surface area contributed by atoms with E-state index in [1.165, 1.54) is 0 Å². The summed E-state index contributed by atoms with van der Waals surface area (Å²) < 4.78 is 0.255. The van der Waals surface area contributed by atoms with Crippen molar-refractivity contribution in [2.24, 2.45) is 0 Å². The van der Waals surface area contributed by atoms with Gasteiger partial charge in [-0.3, -0.25) is 4.79 Å². The van der Waals surface area contributed by atoms with Crippen LogP contribution in [0.5, 0.6) is 0 Å². The Bertz CT molecular complexity index is 683. The number of hydrogen-bond acceptors (Lipinski definition) is 2. The number of benzene rings is 2. The molecule has 1 amide bonds. The van der Waals surface area contributed by atoms with E-state index >= 15 is 0 Å². The fourth-order valence-electron chi connectivity index (χ4n) is 1.86. The van der Waals surface area contributed by atoms with E-state index in [9.17, 15) is 4.79 Å². The van der Waals surface area contributed by atoms with E-state index in [0.29, 0.717) is 5.56 Å². The highest BCUT2D eigenvalue weighted by molar-refractivity contribution is 9.39. The molecule has 23 heavy (non-hydrogen) atoms. The molecule has 1 unspecified atom stereocenters. The van der Waals surface area contributed by atoms with E-state index in [0.717, 1.165) is 15.7 Å². The van der Waals surface area contributed by atoms with Crippen molar-refractivity contribution in [1.29, 1.82) is 0 Å². The van der Waals surface area contributed by atoms with Crippen molar-refractivity contribution in [3.05, 3.63) is 64.1 Å². The van der Waals surface area contributed by atoms with Crippen molar-refractivity contribution < 1.29 is 4.79 Å². The van der Waals surface area contributed by atoms with Crippen LogP contribution in [0.15, 0.2) is 53.0 Å². The number of amides is 1. The molecule has 0 bridgehead atoms. The van der Waals surface area contributed by atoms with Crippen LogP contribution in [-0.4, -0.2) is 14.2 Å². The summed E-state index contributed by atoms with van der Waals surface area (Å²) >= 11 is 13.9. The van der Waals surface area contributed by atoms with E-state index in [4.69, 9.17) is 0 Å². The molecular weight excluding hydrogens is 556 g/mol. The van der Waals surface area contributed by atoms with Gasteiger partial charge in [-0.25, -0.2) is 0 Å². The average Bonchev–Trinajstić information content (AvgIpc) is 2.46. The number of anilines is 1. The predicted molar refractivity (Wildman–Crippen MR) is 110 cm³/mol. The van der Waals surface area contributed by atoms with Crippen LogP contribution in [0.2, 0.25) is 0 Å². The largest absolute Gasteiger partial charge is 0.363 e. The minimum atomic E-state index is -0.699. The average molecular weight is 570 g/mol. The summed E-state index contributed by atoms with van der Waals surface area (Å²) in [4.78, 5) is 12.4. The molecule has 0 aliphatic heterocycles. The van der Waals surface area contributed by atoms with Gasteiger partial charge in [0.15, 0.2) is 2.14 Å². The fraction of sp³-hybridized carbons (Fsp3) is 0.188. The molecule has 0 saturated heterocycles. The van der Waals surface area contributed by atoms with Crippen molar-refractivity contribution in [2.75, 3.05) is 5.32 Å². The van der Waals surface area contributed by atoms with Crippen molar-refractivity contribution in [2.45, 2.75) is 15.2 Å². The lowest BCUT2D eigenvalue weighted by Crippen LogP contribution is -2.48. The highest BCUT2D eigenvalue weighted by atomic mass is 80.0. The SMILES string of the molecule is Cc1ccc(C(=O)NC(Nc2cccc(Br)c2)C(Br)(Br)Br)cc1. The van der Waals surface area contributed by atoms with Crippen LogP contribution >= 0.6 is 63.7 Å². The summed E-state index contributed by atoms with van der Waals surface area (Å²) in [5.74, 6) is -0.166. The number of aryl methyl sites for hydroxylation is 1. The maximum atomic E-state index is 12.4. The molecule has 0 fully saturated rings. The van der Waals surface area contributed by atoms with Gasteiger partial charge in [0.1, 0.15) is 6.17 Å². The first-order valence-corrected chi connectivity index (χ1v) is 9.89. The molecule has 0 radical (unpaired) electrons. The van der Waals surface area contributed by atoms with Gasteiger partial charge >= 0.3 is 0 Å². The molecule has 0 saturated carbocycles. The fourth-order valence-corrected chi connectivity index (χ4v) is 2.95. The quantitative estimate of drug-likeness (QED) is 0.363. The highest BCUT2D eigenvalue weighted by Gasteiger charge is 2.32. The van der Waals surface area contributed by atoms with Gasteiger partial charge in [-0.1, -0.05) is 87.5 Å². The number of alkyl halides is 3. The van der Waals surface area contributed by atoms with Gasteiger partial charge < -0.3 is 10.6 Å². The van der Waals surface area contributed by atoms with E-state index in [-0.39, 0.29) is 5.91 Å². The van der Waals surface area contributed by atoms with Crippen molar-refractivity contribution in [3.63, 3.8) is 0 Å². The zero-order chi connectivity index (χ0) is 17.0. The highest BCUT2D eigenvalue weighted by Crippen LogP contribution is 2.37. The van der Waals surface area contributed by atoms with Crippen LogP contribution in [0.3, 0.4) is 0 Å². The Kier molecular flexibility index (Phi) is 6.71.